The lowest BCUT2D eigenvalue weighted by atomic mass is 10.0. The van der Waals surface area contributed by atoms with Crippen molar-refractivity contribution < 1.29 is 9.68 Å². The fourth-order valence-electron chi connectivity index (χ4n) is 2.69. The second-order valence-corrected chi connectivity index (χ2v) is 5.67. The van der Waals surface area contributed by atoms with Gasteiger partial charge in [-0.25, -0.2) is 0 Å². The first-order valence-electron chi connectivity index (χ1n) is 6.34. The van der Waals surface area contributed by atoms with Gasteiger partial charge >= 0.3 is 7.69 Å². The highest BCUT2D eigenvalue weighted by atomic mass is 32.1. The average Bonchev–Trinajstić information content (AvgIpc) is 2.88. The molecular weight excluding hydrogens is 267 g/mol. The van der Waals surface area contributed by atoms with Crippen molar-refractivity contribution >= 4 is 50.0 Å². The SMILES string of the molecule is O[B]Oc1cccc2c1sc1ccc3ccccc3c12. The molecule has 0 saturated carbocycles. The number of rotatable bonds is 2. The fourth-order valence-corrected chi connectivity index (χ4v) is 3.87. The quantitative estimate of drug-likeness (QED) is 0.559. The third kappa shape index (κ3) is 1.62. The molecule has 0 fully saturated rings. The van der Waals surface area contributed by atoms with Gasteiger partial charge in [0.1, 0.15) is 5.75 Å². The van der Waals surface area contributed by atoms with Gasteiger partial charge in [0, 0.05) is 15.5 Å². The van der Waals surface area contributed by atoms with Crippen LogP contribution in [0.3, 0.4) is 0 Å². The van der Waals surface area contributed by atoms with E-state index in [9.17, 15) is 0 Å². The van der Waals surface area contributed by atoms with Crippen LogP contribution in [0.2, 0.25) is 0 Å². The summed E-state index contributed by atoms with van der Waals surface area (Å²) in [4.78, 5) is 0. The Labute approximate surface area is 120 Å². The van der Waals surface area contributed by atoms with E-state index in [1.54, 1.807) is 11.3 Å². The highest BCUT2D eigenvalue weighted by Gasteiger charge is 2.11. The Morgan fingerprint density at radius 3 is 2.65 bits per heavy atom. The lowest BCUT2D eigenvalue weighted by Gasteiger charge is -2.03. The minimum atomic E-state index is 0.690. The lowest BCUT2D eigenvalue weighted by molar-refractivity contribution is 0.457. The maximum Gasteiger partial charge on any atom is 0.569 e. The monoisotopic (exact) mass is 277 g/mol. The third-order valence-electron chi connectivity index (χ3n) is 3.53. The van der Waals surface area contributed by atoms with Gasteiger partial charge < -0.3 is 9.68 Å². The van der Waals surface area contributed by atoms with Crippen LogP contribution in [0.5, 0.6) is 5.75 Å². The van der Waals surface area contributed by atoms with E-state index < -0.39 is 0 Å². The number of hydrogen-bond donors (Lipinski definition) is 1. The smallest absolute Gasteiger partial charge is 0.536 e. The summed E-state index contributed by atoms with van der Waals surface area (Å²) in [6.07, 6.45) is 0. The van der Waals surface area contributed by atoms with Crippen LogP contribution in [0.4, 0.5) is 0 Å². The van der Waals surface area contributed by atoms with E-state index in [1.165, 1.54) is 26.2 Å². The van der Waals surface area contributed by atoms with Gasteiger partial charge in [-0.1, -0.05) is 42.5 Å². The maximum atomic E-state index is 8.88. The zero-order chi connectivity index (χ0) is 13.5. The summed E-state index contributed by atoms with van der Waals surface area (Å²) >= 11 is 1.69. The van der Waals surface area contributed by atoms with Gasteiger partial charge in [-0.15, -0.1) is 11.3 Å². The zero-order valence-corrected chi connectivity index (χ0v) is 11.4. The standard InChI is InChI=1S/C16H10BO2S/c18-17-19-13-7-3-6-12-15-11-5-2-1-4-10(11)8-9-14(15)20-16(12)13/h1-9,18H. The molecule has 3 aromatic carbocycles. The molecule has 1 radical (unpaired) electrons. The van der Waals surface area contributed by atoms with Crippen LogP contribution in [0.25, 0.3) is 30.9 Å². The Kier molecular flexibility index (Phi) is 2.65. The Morgan fingerprint density at radius 1 is 0.900 bits per heavy atom. The molecule has 0 saturated heterocycles. The van der Waals surface area contributed by atoms with Crippen LogP contribution in [0, 0.1) is 0 Å². The van der Waals surface area contributed by atoms with Gasteiger partial charge in [0.15, 0.2) is 0 Å². The molecule has 0 bridgehead atoms. The topological polar surface area (TPSA) is 29.5 Å². The largest absolute Gasteiger partial charge is 0.569 e. The molecule has 95 valence electrons. The summed E-state index contributed by atoms with van der Waals surface area (Å²) in [5.74, 6) is 0.690. The van der Waals surface area contributed by atoms with E-state index in [-0.39, 0.29) is 0 Å². The molecular formula is C16H10BO2S. The van der Waals surface area contributed by atoms with E-state index in [0.717, 1.165) is 12.4 Å². The van der Waals surface area contributed by atoms with Crippen LogP contribution >= 0.6 is 11.3 Å². The van der Waals surface area contributed by atoms with Crippen molar-refractivity contribution in [3.8, 4) is 5.75 Å². The van der Waals surface area contributed by atoms with Crippen LogP contribution in [-0.4, -0.2) is 12.7 Å². The Balaban J connectivity index is 2.20. The normalized spacial score (nSPS) is 11.2. The van der Waals surface area contributed by atoms with Gasteiger partial charge in [0.2, 0.25) is 0 Å². The van der Waals surface area contributed by atoms with Crippen LogP contribution in [0.15, 0.2) is 54.6 Å². The predicted octanol–water partition coefficient (Wildman–Crippen LogP) is 4.11. The summed E-state index contributed by atoms with van der Waals surface area (Å²) in [7, 11) is 0.733. The first-order chi connectivity index (χ1) is 9.88. The van der Waals surface area contributed by atoms with Gasteiger partial charge in [-0.05, 0) is 22.9 Å². The first kappa shape index (κ1) is 11.8. The van der Waals surface area contributed by atoms with Crippen molar-refractivity contribution in [3.05, 3.63) is 54.6 Å². The molecule has 20 heavy (non-hydrogen) atoms. The summed E-state index contributed by atoms with van der Waals surface area (Å²) in [6.45, 7) is 0. The lowest BCUT2D eigenvalue weighted by Crippen LogP contribution is -1.99. The second-order valence-electron chi connectivity index (χ2n) is 4.62. The van der Waals surface area contributed by atoms with Gasteiger partial charge in [0.25, 0.3) is 0 Å². The summed E-state index contributed by atoms with van der Waals surface area (Å²) in [5.41, 5.74) is 0. The van der Waals surface area contributed by atoms with Crippen molar-refractivity contribution in [2.45, 2.75) is 0 Å². The van der Waals surface area contributed by atoms with E-state index in [0.29, 0.717) is 5.75 Å². The van der Waals surface area contributed by atoms with Gasteiger partial charge in [-0.2, -0.15) is 0 Å². The van der Waals surface area contributed by atoms with Crippen molar-refractivity contribution in [2.75, 3.05) is 0 Å². The summed E-state index contributed by atoms with van der Waals surface area (Å²) in [6, 6.07) is 18.6. The van der Waals surface area contributed by atoms with Crippen molar-refractivity contribution in [1.82, 2.24) is 0 Å². The average molecular weight is 277 g/mol. The van der Waals surface area contributed by atoms with Crippen LogP contribution in [0.1, 0.15) is 0 Å². The molecule has 0 amide bonds. The molecule has 4 rings (SSSR count). The molecule has 1 N–H and O–H groups in total. The molecule has 0 atom stereocenters. The van der Waals surface area contributed by atoms with Gasteiger partial charge in [-0.3, -0.25) is 0 Å². The highest BCUT2D eigenvalue weighted by molar-refractivity contribution is 7.26. The van der Waals surface area contributed by atoms with Crippen molar-refractivity contribution in [2.24, 2.45) is 0 Å². The molecule has 0 aliphatic carbocycles. The Morgan fingerprint density at radius 2 is 1.75 bits per heavy atom. The van der Waals surface area contributed by atoms with E-state index in [4.69, 9.17) is 9.68 Å². The Bertz CT molecular complexity index is 930. The highest BCUT2D eigenvalue weighted by Crippen LogP contribution is 2.42. The molecule has 4 heteroatoms. The fraction of sp³-hybridized carbons (Fsp3) is 0. The van der Waals surface area contributed by atoms with Crippen LogP contribution in [-0.2, 0) is 0 Å². The second kappa shape index (κ2) is 4.51. The molecule has 2 nitrogen and oxygen atoms in total. The predicted molar refractivity (Wildman–Crippen MR) is 85.4 cm³/mol. The van der Waals surface area contributed by atoms with Crippen LogP contribution < -0.4 is 4.65 Å². The molecule has 1 heterocycles. The van der Waals surface area contributed by atoms with E-state index in [2.05, 4.69) is 42.5 Å². The number of hydrogen-bond acceptors (Lipinski definition) is 3. The summed E-state index contributed by atoms with van der Waals surface area (Å²) in [5, 5.41) is 13.8. The number of fused-ring (bicyclic) bond motifs is 5. The third-order valence-corrected chi connectivity index (χ3v) is 4.72. The van der Waals surface area contributed by atoms with E-state index >= 15 is 0 Å². The van der Waals surface area contributed by atoms with E-state index in [1.807, 2.05) is 12.1 Å². The molecule has 0 spiro atoms. The van der Waals surface area contributed by atoms with Crippen molar-refractivity contribution in [1.29, 1.82) is 0 Å². The molecule has 1 aromatic heterocycles. The molecule has 4 aromatic rings. The molecule has 0 aliphatic heterocycles. The molecule has 0 aliphatic rings. The minimum Gasteiger partial charge on any atom is -0.536 e. The summed E-state index contributed by atoms with van der Waals surface area (Å²) < 4.78 is 7.49. The van der Waals surface area contributed by atoms with Gasteiger partial charge in [0.05, 0.1) is 4.70 Å². The van der Waals surface area contributed by atoms with Crippen molar-refractivity contribution in [3.63, 3.8) is 0 Å². The zero-order valence-electron chi connectivity index (χ0n) is 10.5. The Hall–Kier alpha value is -2.04. The molecule has 0 unspecified atom stereocenters. The minimum absolute atomic E-state index is 0.690. The number of benzene rings is 3. The number of thiophene rings is 1. The maximum absolute atomic E-state index is 8.88. The first-order valence-corrected chi connectivity index (χ1v) is 7.15.